The molecule has 8 atom stereocenters. The maximum Gasteiger partial charge on any atom is 0.408 e. The van der Waals surface area contributed by atoms with Crippen molar-refractivity contribution in [2.75, 3.05) is 38.4 Å². The van der Waals surface area contributed by atoms with Crippen LogP contribution < -0.4 is 31.9 Å². The lowest BCUT2D eigenvalue weighted by Crippen LogP contribution is -2.47. The number of aliphatic carboxylic acids is 2. The van der Waals surface area contributed by atoms with E-state index < -0.39 is 98.2 Å². The summed E-state index contributed by atoms with van der Waals surface area (Å²) in [5, 5.41) is 28.4. The van der Waals surface area contributed by atoms with Gasteiger partial charge in [0.25, 0.3) is 5.97 Å². The number of nitrogens with two attached hydrogens (primary N) is 1. The van der Waals surface area contributed by atoms with E-state index in [2.05, 4.69) is 21.3 Å². The van der Waals surface area contributed by atoms with Gasteiger partial charge in [0, 0.05) is 84.8 Å². The summed E-state index contributed by atoms with van der Waals surface area (Å²) >= 11 is 2.34. The van der Waals surface area contributed by atoms with Crippen LogP contribution in [0.2, 0.25) is 0 Å². The van der Waals surface area contributed by atoms with Crippen LogP contribution in [-0.4, -0.2) is 152 Å². The quantitative estimate of drug-likeness (QED) is 0.0106. The number of carboxylic acid groups (broad SMARTS) is 2. The van der Waals surface area contributed by atoms with Crippen LogP contribution in [0, 0.1) is 47.3 Å². The molecule has 0 aliphatic carbocycles. The van der Waals surface area contributed by atoms with Gasteiger partial charge in [-0.15, -0.1) is 23.5 Å². The van der Waals surface area contributed by atoms with E-state index in [1.54, 1.807) is 36.4 Å². The highest BCUT2D eigenvalue weighted by Crippen LogP contribution is 2.33. The number of hydrogen-bond donors (Lipinski definition) is 7. The van der Waals surface area contributed by atoms with Crippen molar-refractivity contribution in [1.82, 2.24) is 21.3 Å². The number of nitrogens with zero attached hydrogens (tertiary/aromatic N) is 1. The molecule has 117 heavy (non-hydrogen) atoms. The Morgan fingerprint density at radius 2 is 0.769 bits per heavy atom. The topological polar surface area (TPSA) is 367 Å². The Morgan fingerprint density at radius 1 is 0.436 bits per heavy atom. The van der Waals surface area contributed by atoms with E-state index in [9.17, 15) is 61.5 Å². The minimum Gasteiger partial charge on any atom is -0.481 e. The summed E-state index contributed by atoms with van der Waals surface area (Å²) in [5.41, 5.74) is 8.07. The number of Topliss-reactive ketones (excluding diaryl/α,β-unsaturated/α-hetero) is 4. The second kappa shape index (κ2) is 53.8. The van der Waals surface area contributed by atoms with E-state index in [0.717, 1.165) is 56.1 Å². The number of amides is 4. The first-order valence-electron chi connectivity index (χ1n) is 39.9. The van der Waals surface area contributed by atoms with Gasteiger partial charge in [-0.25, -0.2) is 18.0 Å². The van der Waals surface area contributed by atoms with Crippen LogP contribution in [0.1, 0.15) is 172 Å². The number of rotatable bonds is 45. The van der Waals surface area contributed by atoms with Crippen LogP contribution in [0.3, 0.4) is 0 Å². The molecule has 0 heterocycles. The maximum atomic E-state index is 13.8. The molecule has 6 rings (SSSR count). The SMILES string of the molecule is CC(=O)O.CC(C)CC(NC(=O)OCc1ccccc1)C(=O)C[C@@H](CC(C)C)C(=O)N[C@@H](CC(C)C)C(=O)CC(Sc1ccccc1)C(=O)O.CN(C)c1cccc2c(S(=O)(=O)CCCN)cccc12.COC(=O)C(CC(=O)[C@H](CC(C)C)NC(=O)[C@@H](CC(=O)C(CC(C)C)NC(=O)OCc1ccccc1)CC(C)C)Sc1ccccc1. The second-order valence-corrected chi connectivity index (χ2v) is 36.3. The Labute approximate surface area is 701 Å². The predicted molar refractivity (Wildman–Crippen MR) is 462 cm³/mol. The van der Waals surface area contributed by atoms with Gasteiger partial charge in [0.1, 0.15) is 23.7 Å². The van der Waals surface area contributed by atoms with E-state index in [0.29, 0.717) is 56.4 Å². The van der Waals surface area contributed by atoms with Crippen LogP contribution in [0.5, 0.6) is 0 Å². The summed E-state index contributed by atoms with van der Waals surface area (Å²) in [6.07, 6.45) is 0.753. The number of carbonyl (C=O) groups excluding carboxylic acids is 9. The molecule has 0 aromatic heterocycles. The lowest BCUT2D eigenvalue weighted by molar-refractivity contribution is -0.141. The fraction of sp³-hybridized carbons (Fsp3) is 0.500. The van der Waals surface area contributed by atoms with Crippen molar-refractivity contribution in [2.24, 2.45) is 53.1 Å². The molecule has 0 bridgehead atoms. The highest BCUT2D eigenvalue weighted by Gasteiger charge is 2.37. The molecule has 8 N–H and O–H groups in total. The fourth-order valence-electron chi connectivity index (χ4n) is 12.6. The normalized spacial score (nSPS) is 13.3. The average Bonchev–Trinajstić information content (AvgIpc) is 0.776. The maximum absolute atomic E-state index is 13.8. The molecule has 4 unspecified atom stereocenters. The largest absolute Gasteiger partial charge is 0.481 e. The summed E-state index contributed by atoms with van der Waals surface area (Å²) in [6, 6.07) is 44.5. The van der Waals surface area contributed by atoms with Crippen molar-refractivity contribution in [1.29, 1.82) is 0 Å². The fourth-order valence-corrected chi connectivity index (χ4v) is 16.2. The molecule has 0 fully saturated rings. The summed E-state index contributed by atoms with van der Waals surface area (Å²) in [5.74, 6) is -5.36. The minimum absolute atomic E-state index is 0.0472. The lowest BCUT2D eigenvalue weighted by Gasteiger charge is -2.26. The number of thioether (sulfide) groups is 2. The molecular weight excluding hydrogens is 1550 g/mol. The summed E-state index contributed by atoms with van der Waals surface area (Å²) in [7, 11) is 1.90. The Bertz CT molecular complexity index is 4180. The van der Waals surface area contributed by atoms with Gasteiger partial charge in [-0.2, -0.15) is 0 Å². The van der Waals surface area contributed by atoms with Gasteiger partial charge in [-0.05, 0) is 135 Å². The number of ketones is 4. The summed E-state index contributed by atoms with van der Waals surface area (Å²) < 4.78 is 40.5. The van der Waals surface area contributed by atoms with Crippen LogP contribution >= 0.6 is 23.5 Å². The van der Waals surface area contributed by atoms with Crippen molar-refractivity contribution in [3.05, 3.63) is 169 Å². The van der Waals surface area contributed by atoms with Crippen molar-refractivity contribution in [3.8, 4) is 0 Å². The van der Waals surface area contributed by atoms with Crippen LogP contribution in [-0.2, 0) is 80.4 Å². The molecule has 4 amide bonds. The third-order valence-corrected chi connectivity index (χ3v) is 22.3. The second-order valence-electron chi connectivity index (χ2n) is 31.7. The minimum atomic E-state index is -3.29. The number of ether oxygens (including phenoxy) is 3. The molecule has 0 saturated heterocycles. The van der Waals surface area contributed by atoms with E-state index >= 15 is 0 Å². The number of fused-ring (bicyclic) bond motifs is 1. The van der Waals surface area contributed by atoms with Gasteiger partial charge in [0.2, 0.25) is 11.8 Å². The van der Waals surface area contributed by atoms with Gasteiger partial charge in [0.15, 0.2) is 33.0 Å². The molecule has 6 aromatic rings. The number of carbonyl (C=O) groups is 11. The highest BCUT2D eigenvalue weighted by atomic mass is 32.2. The Balaban J connectivity index is 0.000000473. The Morgan fingerprint density at radius 3 is 1.12 bits per heavy atom. The van der Waals surface area contributed by atoms with Gasteiger partial charge in [0.05, 0.1) is 41.9 Å². The number of esters is 1. The number of hydrogen-bond acceptors (Lipinski definition) is 20. The molecule has 24 nitrogen and oxygen atoms in total. The third-order valence-electron chi connectivity index (χ3n) is 18.0. The van der Waals surface area contributed by atoms with Gasteiger partial charge in [-0.3, -0.25) is 43.2 Å². The van der Waals surface area contributed by atoms with Crippen LogP contribution in [0.4, 0.5) is 15.3 Å². The first kappa shape index (κ1) is 102. The number of benzene rings is 6. The number of carboxylic acids is 2. The van der Waals surface area contributed by atoms with Crippen molar-refractivity contribution >= 4 is 115 Å². The standard InChI is InChI=1S/C37H52N2O7S.C36H50N2O7S.C15H20N2O2S.C2H4O2/c1-24(2)18-28(21-32(40)31(20-26(5)6)39-37(44)46-23-27-14-10-8-11-15-27)35(42)38-30(19-25(3)4)33(41)22-34(36(43)45-7)47-29-16-12-9-13-17-29;1-23(2)17-27(20-31(39)30(19-25(5)6)38-36(44)45-22-26-13-9-7-10-14-26)34(41)37-29(18-24(3)4)32(40)21-33(35(42)43)46-28-15-11-8-12-16-28;1-17(2)14-8-3-7-13-12(14)6-4-9-15(13)20(18,19)11-5-10-16;1-2(3)4/h8-17,24-26,28,30-31,34H,18-23H2,1-7H3,(H,38,42)(H,39,44);7-16,23-25,27,29-30,33H,17-22H2,1-6H3,(H,37,41)(H,38,44)(H,42,43);3-4,6-9H,5,10-11,16H2,1-2H3;1H3,(H,3,4)/t28-,30+,31?,34?;27-,29+,30?,33?;;/m11../s1. The zero-order chi connectivity index (χ0) is 87.5. The number of anilines is 1. The molecular formula is C90H126N6O18S3. The van der Waals surface area contributed by atoms with Crippen LogP contribution in [0.25, 0.3) is 10.8 Å². The number of methoxy groups -OCH3 is 1. The monoisotopic (exact) mass is 1670 g/mol. The van der Waals surface area contributed by atoms with Crippen molar-refractivity contribution in [3.63, 3.8) is 0 Å². The summed E-state index contributed by atoms with van der Waals surface area (Å²) in [6.45, 7) is 25.0. The molecule has 0 radical (unpaired) electrons. The lowest BCUT2D eigenvalue weighted by atomic mass is 9.87. The van der Waals surface area contributed by atoms with Crippen molar-refractivity contribution < 1.29 is 85.6 Å². The predicted octanol–water partition coefficient (Wildman–Crippen LogP) is 15.6. The molecule has 6 aromatic carbocycles. The smallest absolute Gasteiger partial charge is 0.408 e. The molecule has 0 saturated carbocycles. The van der Waals surface area contributed by atoms with Gasteiger partial charge in [-0.1, -0.05) is 204 Å². The average molecular weight is 1680 g/mol. The molecule has 27 heteroatoms. The zero-order valence-electron chi connectivity index (χ0n) is 70.9. The van der Waals surface area contributed by atoms with Crippen molar-refractivity contribution in [2.45, 2.75) is 223 Å². The molecule has 0 spiro atoms. The molecule has 0 aliphatic heterocycles. The first-order valence-corrected chi connectivity index (χ1v) is 43.4. The molecule has 642 valence electrons. The third kappa shape index (κ3) is 40.5. The number of sulfone groups is 1. The zero-order valence-corrected chi connectivity index (χ0v) is 73.3. The van der Waals surface area contributed by atoms with Crippen LogP contribution in [0.15, 0.2) is 172 Å². The first-order chi connectivity index (χ1) is 55.2. The van der Waals surface area contributed by atoms with E-state index in [-0.39, 0.29) is 103 Å². The summed E-state index contributed by atoms with van der Waals surface area (Å²) in [4.78, 5) is 145. The van der Waals surface area contributed by atoms with E-state index in [1.807, 2.05) is 223 Å². The Kier molecular flexibility index (Phi) is 46.8. The van der Waals surface area contributed by atoms with Gasteiger partial charge < -0.3 is 56.3 Å². The van der Waals surface area contributed by atoms with E-state index in [4.69, 9.17) is 29.8 Å². The Hall–Kier alpha value is -9.44. The molecule has 0 aliphatic rings. The van der Waals surface area contributed by atoms with E-state index in [1.165, 1.54) is 18.9 Å². The highest BCUT2D eigenvalue weighted by molar-refractivity contribution is 8.01. The number of alkyl carbamates (subject to hydrolysis) is 2. The number of nitrogens with one attached hydrogen (secondary N) is 4. The van der Waals surface area contributed by atoms with Gasteiger partial charge >= 0.3 is 24.1 Å².